The molecule has 1 aliphatic heterocycles. The molecule has 1 amide bonds. The Labute approximate surface area is 157 Å². The van der Waals surface area contributed by atoms with Crippen LogP contribution < -0.4 is 4.90 Å². The van der Waals surface area contributed by atoms with Crippen LogP contribution in [0, 0.1) is 6.92 Å². The summed E-state index contributed by atoms with van der Waals surface area (Å²) >= 11 is 1.70. The lowest BCUT2D eigenvalue weighted by Gasteiger charge is -2.34. The third kappa shape index (κ3) is 3.65. The summed E-state index contributed by atoms with van der Waals surface area (Å²) < 4.78 is 0. The Morgan fingerprint density at radius 1 is 1.15 bits per heavy atom. The molecular weight excluding hydrogens is 344 g/mol. The fraction of sp³-hybridized carbons (Fsp3) is 0.300. The largest absolute Gasteiger partial charge is 0.352 e. The predicted octanol–water partition coefficient (Wildman–Crippen LogP) is 3.34. The summed E-state index contributed by atoms with van der Waals surface area (Å²) in [5.74, 6) is 1.16. The van der Waals surface area contributed by atoms with Crippen molar-refractivity contribution in [2.24, 2.45) is 0 Å². The molecule has 0 saturated carbocycles. The van der Waals surface area contributed by atoms with Gasteiger partial charge in [-0.15, -0.1) is 11.3 Å². The molecule has 1 aromatic carbocycles. The van der Waals surface area contributed by atoms with Crippen LogP contribution in [-0.2, 0) is 11.2 Å². The SMILES string of the molecule is Cc1ccc(CC(=O)N2CCN(c3cc(-c4cccs4)[nH]n3)CC2)cc1. The van der Waals surface area contributed by atoms with E-state index in [0.717, 1.165) is 43.3 Å². The smallest absolute Gasteiger partial charge is 0.227 e. The van der Waals surface area contributed by atoms with Gasteiger partial charge >= 0.3 is 0 Å². The predicted molar refractivity (Wildman–Crippen MR) is 106 cm³/mol. The molecule has 0 radical (unpaired) electrons. The van der Waals surface area contributed by atoms with Crippen LogP contribution >= 0.6 is 11.3 Å². The highest BCUT2D eigenvalue weighted by Gasteiger charge is 2.22. The summed E-state index contributed by atoms with van der Waals surface area (Å²) in [6.45, 7) is 5.17. The number of piperazine rings is 1. The molecule has 1 saturated heterocycles. The highest BCUT2D eigenvalue weighted by Crippen LogP contribution is 2.26. The molecule has 0 aliphatic carbocycles. The summed E-state index contributed by atoms with van der Waals surface area (Å²) in [6.07, 6.45) is 0.477. The van der Waals surface area contributed by atoms with Gasteiger partial charge in [0.25, 0.3) is 0 Å². The van der Waals surface area contributed by atoms with E-state index in [1.54, 1.807) is 11.3 Å². The summed E-state index contributed by atoms with van der Waals surface area (Å²) in [6, 6.07) is 14.4. The zero-order valence-corrected chi connectivity index (χ0v) is 15.6. The van der Waals surface area contributed by atoms with Gasteiger partial charge in [-0.3, -0.25) is 9.89 Å². The van der Waals surface area contributed by atoms with E-state index in [1.807, 2.05) is 23.1 Å². The van der Waals surface area contributed by atoms with Gasteiger partial charge < -0.3 is 9.80 Å². The number of rotatable bonds is 4. The Hall–Kier alpha value is -2.60. The van der Waals surface area contributed by atoms with Crippen LogP contribution in [0.15, 0.2) is 47.8 Å². The van der Waals surface area contributed by atoms with Crippen LogP contribution in [0.25, 0.3) is 10.6 Å². The fourth-order valence-corrected chi connectivity index (χ4v) is 3.90. The number of anilines is 1. The van der Waals surface area contributed by atoms with E-state index >= 15 is 0 Å². The molecule has 3 heterocycles. The van der Waals surface area contributed by atoms with Crippen molar-refractivity contribution in [2.75, 3.05) is 31.1 Å². The van der Waals surface area contributed by atoms with Crippen molar-refractivity contribution in [1.29, 1.82) is 0 Å². The lowest BCUT2D eigenvalue weighted by atomic mass is 10.1. The minimum Gasteiger partial charge on any atom is -0.352 e. The van der Waals surface area contributed by atoms with Crippen molar-refractivity contribution in [2.45, 2.75) is 13.3 Å². The average Bonchev–Trinajstić information content (AvgIpc) is 3.35. The number of aromatic nitrogens is 2. The number of H-pyrrole nitrogens is 1. The number of carbonyl (C=O) groups is 1. The van der Waals surface area contributed by atoms with Gasteiger partial charge in [-0.05, 0) is 23.9 Å². The number of hydrogen-bond acceptors (Lipinski definition) is 4. The molecule has 0 atom stereocenters. The van der Waals surface area contributed by atoms with Crippen molar-refractivity contribution in [3.63, 3.8) is 0 Å². The molecule has 26 heavy (non-hydrogen) atoms. The first kappa shape index (κ1) is 16.8. The van der Waals surface area contributed by atoms with Crippen molar-refractivity contribution in [1.82, 2.24) is 15.1 Å². The Morgan fingerprint density at radius 3 is 2.62 bits per heavy atom. The zero-order chi connectivity index (χ0) is 17.9. The van der Waals surface area contributed by atoms with E-state index in [1.165, 1.54) is 10.4 Å². The molecule has 1 aliphatic rings. The average molecular weight is 366 g/mol. The molecule has 4 rings (SSSR count). The quantitative estimate of drug-likeness (QED) is 0.770. The highest BCUT2D eigenvalue weighted by atomic mass is 32.1. The highest BCUT2D eigenvalue weighted by molar-refractivity contribution is 7.13. The zero-order valence-electron chi connectivity index (χ0n) is 14.8. The lowest BCUT2D eigenvalue weighted by Crippen LogP contribution is -2.49. The maximum absolute atomic E-state index is 12.5. The van der Waals surface area contributed by atoms with E-state index in [4.69, 9.17) is 0 Å². The number of aryl methyl sites for hydroxylation is 1. The fourth-order valence-electron chi connectivity index (χ4n) is 3.21. The maximum Gasteiger partial charge on any atom is 0.227 e. The standard InChI is InChI=1S/C20H22N4OS/c1-15-4-6-16(7-5-15)13-20(25)24-10-8-23(9-11-24)19-14-17(21-22-19)18-3-2-12-26-18/h2-7,12,14H,8-11,13H2,1H3,(H,21,22). The minimum atomic E-state index is 0.204. The topological polar surface area (TPSA) is 52.2 Å². The molecule has 0 bridgehead atoms. The Bertz CT molecular complexity index is 862. The molecule has 134 valence electrons. The number of nitrogens with one attached hydrogen (secondary N) is 1. The second-order valence-electron chi connectivity index (χ2n) is 6.65. The molecule has 6 heteroatoms. The summed E-state index contributed by atoms with van der Waals surface area (Å²) in [5, 5.41) is 9.62. The summed E-state index contributed by atoms with van der Waals surface area (Å²) in [5.41, 5.74) is 3.35. The van der Waals surface area contributed by atoms with Crippen LogP contribution in [0.4, 0.5) is 5.82 Å². The first-order valence-corrected chi connectivity index (χ1v) is 9.74. The second kappa shape index (κ2) is 7.33. The monoisotopic (exact) mass is 366 g/mol. The van der Waals surface area contributed by atoms with E-state index in [9.17, 15) is 4.79 Å². The summed E-state index contributed by atoms with van der Waals surface area (Å²) in [7, 11) is 0. The third-order valence-corrected chi connectivity index (χ3v) is 5.69. The molecule has 5 nitrogen and oxygen atoms in total. The van der Waals surface area contributed by atoms with Crippen LogP contribution in [0.1, 0.15) is 11.1 Å². The van der Waals surface area contributed by atoms with E-state index in [0.29, 0.717) is 6.42 Å². The lowest BCUT2D eigenvalue weighted by molar-refractivity contribution is -0.130. The number of amides is 1. The molecule has 1 fully saturated rings. The van der Waals surface area contributed by atoms with Gasteiger partial charge in [0, 0.05) is 32.2 Å². The van der Waals surface area contributed by atoms with Crippen LogP contribution in [0.5, 0.6) is 0 Å². The Balaban J connectivity index is 1.33. The van der Waals surface area contributed by atoms with E-state index < -0.39 is 0 Å². The molecule has 3 aromatic rings. The molecule has 1 N–H and O–H groups in total. The van der Waals surface area contributed by atoms with Gasteiger partial charge in [0.1, 0.15) is 0 Å². The Kier molecular flexibility index (Phi) is 4.75. The number of aromatic amines is 1. The maximum atomic E-state index is 12.5. The number of benzene rings is 1. The third-order valence-electron chi connectivity index (χ3n) is 4.78. The molecule has 0 spiro atoms. The van der Waals surface area contributed by atoms with Gasteiger partial charge in [0.2, 0.25) is 5.91 Å². The minimum absolute atomic E-state index is 0.204. The van der Waals surface area contributed by atoms with Crippen LogP contribution in [-0.4, -0.2) is 47.2 Å². The first-order chi connectivity index (χ1) is 12.7. The number of hydrogen-bond donors (Lipinski definition) is 1. The normalized spacial score (nSPS) is 14.7. The molecule has 0 unspecified atom stereocenters. The number of carbonyl (C=O) groups excluding carboxylic acids is 1. The first-order valence-electron chi connectivity index (χ1n) is 8.86. The van der Waals surface area contributed by atoms with Crippen LogP contribution in [0.2, 0.25) is 0 Å². The molecular formula is C20H22N4OS. The van der Waals surface area contributed by atoms with E-state index in [-0.39, 0.29) is 5.91 Å². The van der Waals surface area contributed by atoms with Gasteiger partial charge in [-0.1, -0.05) is 35.9 Å². The van der Waals surface area contributed by atoms with Gasteiger partial charge in [0.15, 0.2) is 5.82 Å². The molecule has 2 aromatic heterocycles. The number of nitrogens with zero attached hydrogens (tertiary/aromatic N) is 3. The van der Waals surface area contributed by atoms with Gasteiger partial charge in [-0.2, -0.15) is 5.10 Å². The van der Waals surface area contributed by atoms with Crippen LogP contribution in [0.3, 0.4) is 0 Å². The van der Waals surface area contributed by atoms with Gasteiger partial charge in [0.05, 0.1) is 17.0 Å². The van der Waals surface area contributed by atoms with Crippen molar-refractivity contribution < 1.29 is 4.79 Å². The Morgan fingerprint density at radius 2 is 1.92 bits per heavy atom. The second-order valence-corrected chi connectivity index (χ2v) is 7.60. The van der Waals surface area contributed by atoms with Crippen molar-refractivity contribution in [3.05, 3.63) is 59.0 Å². The summed E-state index contributed by atoms with van der Waals surface area (Å²) in [4.78, 5) is 17.9. The van der Waals surface area contributed by atoms with Crippen molar-refractivity contribution >= 4 is 23.1 Å². The van der Waals surface area contributed by atoms with E-state index in [2.05, 4.69) is 51.7 Å². The van der Waals surface area contributed by atoms with Crippen molar-refractivity contribution in [3.8, 4) is 10.6 Å². The number of thiophene rings is 1. The van der Waals surface area contributed by atoms with Gasteiger partial charge in [-0.25, -0.2) is 0 Å².